The lowest BCUT2D eigenvalue weighted by molar-refractivity contribution is -0.140. The summed E-state index contributed by atoms with van der Waals surface area (Å²) in [4.78, 5) is 31.8. The van der Waals surface area contributed by atoms with E-state index >= 15 is 0 Å². The Morgan fingerprint density at radius 1 is 1.06 bits per heavy atom. The average molecular weight is 447 g/mol. The summed E-state index contributed by atoms with van der Waals surface area (Å²) in [5.41, 5.74) is 1.05. The molecule has 4 rings (SSSR count). The first-order chi connectivity index (χ1) is 16.0. The van der Waals surface area contributed by atoms with Gasteiger partial charge in [-0.25, -0.2) is 4.98 Å². The first kappa shape index (κ1) is 22.1. The standard InChI is InChI=1S/C25H25N3O5/c1-32-18-8-5-7-17(15-18)23(29)21-22(19-9-3-4-10-20(19)33-2)28(25(31)24(21)30)13-6-12-27-14-11-26-16-27/h3-5,7-11,14-16,22,29H,6,12-13H2,1-2H3/b23-21+. The Labute approximate surface area is 191 Å². The van der Waals surface area contributed by atoms with E-state index in [1.54, 1.807) is 48.9 Å². The summed E-state index contributed by atoms with van der Waals surface area (Å²) in [5, 5.41) is 11.2. The van der Waals surface area contributed by atoms with Crippen LogP contribution in [0.5, 0.6) is 11.5 Å². The number of aliphatic hydroxyl groups excluding tert-OH is 1. The van der Waals surface area contributed by atoms with Crippen LogP contribution in [0.3, 0.4) is 0 Å². The van der Waals surface area contributed by atoms with Crippen LogP contribution >= 0.6 is 0 Å². The normalized spacial score (nSPS) is 17.4. The fraction of sp³-hybridized carbons (Fsp3) is 0.240. The maximum absolute atomic E-state index is 13.2. The molecule has 0 aliphatic carbocycles. The molecule has 0 bridgehead atoms. The minimum Gasteiger partial charge on any atom is -0.507 e. The SMILES string of the molecule is COc1cccc(/C(O)=C2\C(=O)C(=O)N(CCCn3ccnc3)C2c2ccccc2OC)c1. The molecule has 1 atom stereocenters. The quantitative estimate of drug-likeness (QED) is 0.323. The number of hydrogen-bond donors (Lipinski definition) is 1. The zero-order valence-corrected chi connectivity index (χ0v) is 18.5. The van der Waals surface area contributed by atoms with Crippen LogP contribution in [0, 0.1) is 0 Å². The van der Waals surface area contributed by atoms with Gasteiger partial charge in [0.2, 0.25) is 0 Å². The molecule has 3 aromatic rings. The van der Waals surface area contributed by atoms with E-state index in [0.29, 0.717) is 42.1 Å². The van der Waals surface area contributed by atoms with Gasteiger partial charge in [-0.15, -0.1) is 0 Å². The summed E-state index contributed by atoms with van der Waals surface area (Å²) in [6.45, 7) is 0.956. The van der Waals surface area contributed by atoms with Crippen molar-refractivity contribution in [1.82, 2.24) is 14.5 Å². The fourth-order valence-electron chi connectivity index (χ4n) is 4.09. The van der Waals surface area contributed by atoms with Crippen LogP contribution in [-0.4, -0.2) is 52.0 Å². The van der Waals surface area contributed by atoms with Gasteiger partial charge in [-0.3, -0.25) is 9.59 Å². The number of aromatic nitrogens is 2. The van der Waals surface area contributed by atoms with E-state index < -0.39 is 17.7 Å². The van der Waals surface area contributed by atoms with Crippen molar-refractivity contribution in [2.45, 2.75) is 19.0 Å². The van der Waals surface area contributed by atoms with Crippen LogP contribution in [0.25, 0.3) is 5.76 Å². The van der Waals surface area contributed by atoms with Crippen molar-refractivity contribution in [3.63, 3.8) is 0 Å². The molecule has 8 heteroatoms. The first-order valence-corrected chi connectivity index (χ1v) is 10.6. The maximum Gasteiger partial charge on any atom is 0.295 e. The molecule has 1 aromatic heterocycles. The molecule has 33 heavy (non-hydrogen) atoms. The molecule has 0 radical (unpaired) electrons. The number of nitrogens with zero attached hydrogens (tertiary/aromatic N) is 3. The van der Waals surface area contributed by atoms with Crippen LogP contribution in [0.15, 0.2) is 72.8 Å². The summed E-state index contributed by atoms with van der Waals surface area (Å²) in [6, 6.07) is 13.2. The number of carbonyl (C=O) groups excluding carboxylic acids is 2. The molecule has 1 unspecified atom stereocenters. The number of methoxy groups -OCH3 is 2. The van der Waals surface area contributed by atoms with E-state index in [0.717, 1.165) is 0 Å². The van der Waals surface area contributed by atoms with Gasteiger partial charge in [0.25, 0.3) is 11.7 Å². The molecule has 2 heterocycles. The van der Waals surface area contributed by atoms with Crippen LogP contribution in [0.4, 0.5) is 0 Å². The number of likely N-dealkylation sites (tertiary alicyclic amines) is 1. The topological polar surface area (TPSA) is 93.9 Å². The molecular weight excluding hydrogens is 422 g/mol. The van der Waals surface area contributed by atoms with Gasteiger partial charge in [-0.1, -0.05) is 30.3 Å². The molecule has 8 nitrogen and oxygen atoms in total. The molecule has 0 spiro atoms. The maximum atomic E-state index is 13.2. The number of aryl methyl sites for hydroxylation is 1. The van der Waals surface area contributed by atoms with E-state index in [1.165, 1.54) is 19.1 Å². The second-order valence-corrected chi connectivity index (χ2v) is 7.62. The lowest BCUT2D eigenvalue weighted by Crippen LogP contribution is -2.31. The van der Waals surface area contributed by atoms with Gasteiger partial charge in [0.1, 0.15) is 17.3 Å². The monoisotopic (exact) mass is 447 g/mol. The predicted molar refractivity (Wildman–Crippen MR) is 122 cm³/mol. The average Bonchev–Trinajstić information content (AvgIpc) is 3.46. The molecule has 1 aliphatic rings. The summed E-state index contributed by atoms with van der Waals surface area (Å²) in [7, 11) is 3.05. The lowest BCUT2D eigenvalue weighted by atomic mass is 9.94. The van der Waals surface area contributed by atoms with Gasteiger partial charge in [0.15, 0.2) is 0 Å². The molecule has 170 valence electrons. The Morgan fingerprint density at radius 3 is 2.61 bits per heavy atom. The number of para-hydroxylation sites is 1. The lowest BCUT2D eigenvalue weighted by Gasteiger charge is -2.26. The summed E-state index contributed by atoms with van der Waals surface area (Å²) in [6.07, 6.45) is 5.84. The van der Waals surface area contributed by atoms with Gasteiger partial charge in [0.05, 0.1) is 32.2 Å². The minimum absolute atomic E-state index is 0.0281. The van der Waals surface area contributed by atoms with Crippen LogP contribution in [0.1, 0.15) is 23.6 Å². The molecule has 1 N–H and O–H groups in total. The largest absolute Gasteiger partial charge is 0.507 e. The molecular formula is C25H25N3O5. The zero-order valence-electron chi connectivity index (χ0n) is 18.5. The van der Waals surface area contributed by atoms with Crippen molar-refractivity contribution in [2.75, 3.05) is 20.8 Å². The molecule has 1 amide bonds. The summed E-state index contributed by atoms with van der Waals surface area (Å²) < 4.78 is 12.7. The number of carbonyl (C=O) groups is 2. The van der Waals surface area contributed by atoms with Crippen LogP contribution < -0.4 is 9.47 Å². The molecule has 1 fully saturated rings. The number of benzene rings is 2. The highest BCUT2D eigenvalue weighted by atomic mass is 16.5. The third-order valence-corrected chi connectivity index (χ3v) is 5.69. The van der Waals surface area contributed by atoms with Crippen molar-refractivity contribution >= 4 is 17.4 Å². The minimum atomic E-state index is -0.782. The number of rotatable bonds is 8. The van der Waals surface area contributed by atoms with E-state index in [2.05, 4.69) is 4.98 Å². The van der Waals surface area contributed by atoms with Gasteiger partial charge in [0, 0.05) is 36.6 Å². The highest BCUT2D eigenvalue weighted by molar-refractivity contribution is 6.46. The van der Waals surface area contributed by atoms with Gasteiger partial charge in [-0.05, 0) is 24.6 Å². The Bertz CT molecular complexity index is 1190. The van der Waals surface area contributed by atoms with E-state index in [4.69, 9.17) is 9.47 Å². The zero-order chi connectivity index (χ0) is 23.4. The summed E-state index contributed by atoms with van der Waals surface area (Å²) >= 11 is 0. The Balaban J connectivity index is 1.78. The van der Waals surface area contributed by atoms with E-state index in [-0.39, 0.29) is 11.3 Å². The van der Waals surface area contributed by atoms with Crippen molar-refractivity contribution in [3.8, 4) is 11.5 Å². The molecule has 0 saturated carbocycles. The molecule has 2 aromatic carbocycles. The predicted octanol–water partition coefficient (Wildman–Crippen LogP) is 3.41. The van der Waals surface area contributed by atoms with Crippen molar-refractivity contribution in [2.24, 2.45) is 0 Å². The second kappa shape index (κ2) is 9.60. The highest BCUT2D eigenvalue weighted by Crippen LogP contribution is 2.42. The highest BCUT2D eigenvalue weighted by Gasteiger charge is 2.46. The van der Waals surface area contributed by atoms with Crippen molar-refractivity contribution < 1.29 is 24.2 Å². The Morgan fingerprint density at radius 2 is 1.88 bits per heavy atom. The molecule has 1 aliphatic heterocycles. The van der Waals surface area contributed by atoms with E-state index in [1.807, 2.05) is 22.9 Å². The van der Waals surface area contributed by atoms with Crippen molar-refractivity contribution in [1.29, 1.82) is 0 Å². The molecule has 1 saturated heterocycles. The third-order valence-electron chi connectivity index (χ3n) is 5.69. The third kappa shape index (κ3) is 4.32. The summed E-state index contributed by atoms with van der Waals surface area (Å²) in [5.74, 6) is -0.571. The number of ketones is 1. The van der Waals surface area contributed by atoms with Gasteiger partial charge >= 0.3 is 0 Å². The smallest absolute Gasteiger partial charge is 0.295 e. The van der Waals surface area contributed by atoms with Gasteiger partial charge in [-0.2, -0.15) is 0 Å². The first-order valence-electron chi connectivity index (χ1n) is 10.6. The van der Waals surface area contributed by atoms with Crippen LogP contribution in [-0.2, 0) is 16.1 Å². The van der Waals surface area contributed by atoms with Crippen molar-refractivity contribution in [3.05, 3.63) is 84.0 Å². The number of hydrogen-bond acceptors (Lipinski definition) is 6. The number of amides is 1. The number of ether oxygens (including phenoxy) is 2. The number of aliphatic hydroxyl groups is 1. The number of Topliss-reactive ketones (excluding diaryl/α,β-unsaturated/α-hetero) is 1. The van der Waals surface area contributed by atoms with Gasteiger partial charge < -0.3 is 24.0 Å². The van der Waals surface area contributed by atoms with E-state index in [9.17, 15) is 14.7 Å². The second-order valence-electron chi connectivity index (χ2n) is 7.62. The number of imidazole rings is 1. The van der Waals surface area contributed by atoms with Crippen LogP contribution in [0.2, 0.25) is 0 Å². The Kier molecular flexibility index (Phi) is 6.44. The fourth-order valence-corrected chi connectivity index (χ4v) is 4.09. The Hall–Kier alpha value is -4.07.